The number of urea groups is 1. The van der Waals surface area contributed by atoms with E-state index in [0.717, 1.165) is 12.1 Å². The van der Waals surface area contributed by atoms with E-state index >= 15 is 0 Å². The molecule has 8 nitrogen and oxygen atoms in total. The average Bonchev–Trinajstić information content (AvgIpc) is 2.60. The standard InChI is InChI=1S/C17H25FN4O4S/c1-13(2)11-19-17(24)20-16(23)12-21-7-9-22(10-8-21)27(25,26)15-5-3-14(18)4-6-15/h3-6,13H,7-12H2,1-2H3,(H2,19,20,23,24). The first-order valence-electron chi connectivity index (χ1n) is 8.74. The predicted molar refractivity (Wildman–Crippen MR) is 98.0 cm³/mol. The third-order valence-corrected chi connectivity index (χ3v) is 5.99. The van der Waals surface area contributed by atoms with Crippen molar-refractivity contribution in [1.82, 2.24) is 19.8 Å². The van der Waals surface area contributed by atoms with Crippen LogP contribution in [-0.4, -0.2) is 68.8 Å². The lowest BCUT2D eigenvalue weighted by atomic mass is 10.2. The molecule has 1 heterocycles. The summed E-state index contributed by atoms with van der Waals surface area (Å²) in [4.78, 5) is 25.3. The minimum atomic E-state index is -3.69. The van der Waals surface area contributed by atoms with Crippen LogP contribution in [-0.2, 0) is 14.8 Å². The van der Waals surface area contributed by atoms with Crippen LogP contribution in [0.5, 0.6) is 0 Å². The number of rotatable bonds is 6. The Morgan fingerprint density at radius 1 is 1.11 bits per heavy atom. The maximum absolute atomic E-state index is 13.0. The Morgan fingerprint density at radius 2 is 1.70 bits per heavy atom. The Bertz CT molecular complexity index is 760. The summed E-state index contributed by atoms with van der Waals surface area (Å²) in [6.07, 6.45) is 0. The van der Waals surface area contributed by atoms with E-state index in [0.29, 0.717) is 19.6 Å². The van der Waals surface area contributed by atoms with Crippen LogP contribution in [0.4, 0.5) is 9.18 Å². The van der Waals surface area contributed by atoms with Gasteiger partial charge in [0.05, 0.1) is 11.4 Å². The number of imide groups is 1. The summed E-state index contributed by atoms with van der Waals surface area (Å²) in [5.74, 6) is -0.657. The quantitative estimate of drug-likeness (QED) is 0.729. The minimum Gasteiger partial charge on any atom is -0.338 e. The molecule has 0 saturated carbocycles. The molecule has 0 bridgehead atoms. The summed E-state index contributed by atoms with van der Waals surface area (Å²) in [6.45, 7) is 5.53. The summed E-state index contributed by atoms with van der Waals surface area (Å²) in [6, 6.07) is 4.15. The molecule has 0 radical (unpaired) electrons. The predicted octanol–water partition coefficient (Wildman–Crippen LogP) is 0.614. The Balaban J connectivity index is 1.82. The number of piperazine rings is 1. The number of benzene rings is 1. The van der Waals surface area contributed by atoms with Crippen molar-refractivity contribution in [2.75, 3.05) is 39.3 Å². The maximum Gasteiger partial charge on any atom is 0.321 e. The van der Waals surface area contributed by atoms with Gasteiger partial charge in [-0.1, -0.05) is 13.8 Å². The fourth-order valence-electron chi connectivity index (χ4n) is 2.59. The second-order valence-electron chi connectivity index (χ2n) is 6.79. The van der Waals surface area contributed by atoms with Crippen LogP contribution in [0.3, 0.4) is 0 Å². The smallest absolute Gasteiger partial charge is 0.321 e. The van der Waals surface area contributed by atoms with E-state index in [4.69, 9.17) is 0 Å². The zero-order chi connectivity index (χ0) is 20.0. The van der Waals surface area contributed by atoms with Crippen molar-refractivity contribution in [3.63, 3.8) is 0 Å². The number of hydrogen-bond donors (Lipinski definition) is 2. The molecular weight excluding hydrogens is 375 g/mol. The van der Waals surface area contributed by atoms with E-state index in [2.05, 4.69) is 10.6 Å². The van der Waals surface area contributed by atoms with Gasteiger partial charge in [-0.2, -0.15) is 4.31 Å². The summed E-state index contributed by atoms with van der Waals surface area (Å²) in [7, 11) is -3.69. The Hall–Kier alpha value is -2.04. The van der Waals surface area contributed by atoms with Crippen molar-refractivity contribution in [3.8, 4) is 0 Å². The number of carbonyl (C=O) groups is 2. The third kappa shape index (κ3) is 6.26. The first kappa shape index (κ1) is 21.3. The Kier molecular flexibility index (Phi) is 7.28. The highest BCUT2D eigenvalue weighted by Crippen LogP contribution is 2.17. The summed E-state index contributed by atoms with van der Waals surface area (Å²) in [5, 5.41) is 4.85. The largest absolute Gasteiger partial charge is 0.338 e. The SMILES string of the molecule is CC(C)CNC(=O)NC(=O)CN1CCN(S(=O)(=O)c2ccc(F)cc2)CC1. The van der Waals surface area contributed by atoms with Crippen LogP contribution >= 0.6 is 0 Å². The lowest BCUT2D eigenvalue weighted by molar-refractivity contribution is -0.121. The van der Waals surface area contributed by atoms with Gasteiger partial charge in [-0.25, -0.2) is 17.6 Å². The molecule has 10 heteroatoms. The van der Waals surface area contributed by atoms with Crippen molar-refractivity contribution >= 4 is 22.0 Å². The molecule has 1 fully saturated rings. The molecule has 3 amide bonds. The van der Waals surface area contributed by atoms with E-state index in [1.54, 1.807) is 4.90 Å². The Labute approximate surface area is 158 Å². The normalized spacial score (nSPS) is 16.3. The van der Waals surface area contributed by atoms with Crippen LogP contribution in [0.1, 0.15) is 13.8 Å². The van der Waals surface area contributed by atoms with Crippen LogP contribution in [0.15, 0.2) is 29.2 Å². The minimum absolute atomic E-state index is 0.0134. The average molecular weight is 400 g/mol. The fourth-order valence-corrected chi connectivity index (χ4v) is 4.02. The van der Waals surface area contributed by atoms with Gasteiger partial charge < -0.3 is 5.32 Å². The molecule has 1 aliphatic heterocycles. The number of sulfonamides is 1. The zero-order valence-corrected chi connectivity index (χ0v) is 16.3. The van der Waals surface area contributed by atoms with Crippen molar-refractivity contribution < 1.29 is 22.4 Å². The number of nitrogens with one attached hydrogen (secondary N) is 2. The van der Waals surface area contributed by atoms with Gasteiger partial charge in [0.15, 0.2) is 0 Å². The molecule has 0 aliphatic carbocycles. The topological polar surface area (TPSA) is 98.8 Å². The first-order valence-corrected chi connectivity index (χ1v) is 10.2. The summed E-state index contributed by atoms with van der Waals surface area (Å²) >= 11 is 0. The number of amides is 3. The molecule has 1 aromatic carbocycles. The van der Waals surface area contributed by atoms with Crippen LogP contribution in [0, 0.1) is 11.7 Å². The lowest BCUT2D eigenvalue weighted by Crippen LogP contribution is -2.52. The molecule has 1 aromatic rings. The highest BCUT2D eigenvalue weighted by atomic mass is 32.2. The molecule has 2 N–H and O–H groups in total. The van der Waals surface area contributed by atoms with E-state index in [1.807, 2.05) is 13.8 Å². The number of halogens is 1. The maximum atomic E-state index is 13.0. The van der Waals surface area contributed by atoms with Crippen molar-refractivity contribution in [2.45, 2.75) is 18.7 Å². The number of nitrogens with zero attached hydrogens (tertiary/aromatic N) is 2. The first-order chi connectivity index (χ1) is 12.7. The van der Waals surface area contributed by atoms with Gasteiger partial charge in [0.25, 0.3) is 0 Å². The second-order valence-corrected chi connectivity index (χ2v) is 8.72. The van der Waals surface area contributed by atoms with Crippen LogP contribution < -0.4 is 10.6 Å². The van der Waals surface area contributed by atoms with Gasteiger partial charge in [0.1, 0.15) is 5.82 Å². The number of hydrogen-bond acceptors (Lipinski definition) is 5. The molecule has 27 heavy (non-hydrogen) atoms. The molecule has 0 spiro atoms. The zero-order valence-electron chi connectivity index (χ0n) is 15.4. The van der Waals surface area contributed by atoms with Gasteiger partial charge in [-0.15, -0.1) is 0 Å². The molecule has 0 unspecified atom stereocenters. The van der Waals surface area contributed by atoms with Gasteiger partial charge in [0, 0.05) is 32.7 Å². The highest BCUT2D eigenvalue weighted by Gasteiger charge is 2.29. The van der Waals surface area contributed by atoms with Gasteiger partial charge in [0.2, 0.25) is 15.9 Å². The molecular formula is C17H25FN4O4S. The molecule has 1 saturated heterocycles. The second kappa shape index (κ2) is 9.25. The Morgan fingerprint density at radius 3 is 2.26 bits per heavy atom. The third-order valence-electron chi connectivity index (χ3n) is 4.07. The van der Waals surface area contributed by atoms with Crippen molar-refractivity contribution in [2.24, 2.45) is 5.92 Å². The van der Waals surface area contributed by atoms with Crippen LogP contribution in [0.2, 0.25) is 0 Å². The van der Waals surface area contributed by atoms with Gasteiger partial charge in [-0.05, 0) is 30.2 Å². The van der Waals surface area contributed by atoms with Crippen molar-refractivity contribution in [1.29, 1.82) is 0 Å². The molecule has 0 atom stereocenters. The monoisotopic (exact) mass is 400 g/mol. The molecule has 0 aromatic heterocycles. The highest BCUT2D eigenvalue weighted by molar-refractivity contribution is 7.89. The lowest BCUT2D eigenvalue weighted by Gasteiger charge is -2.33. The van der Waals surface area contributed by atoms with E-state index < -0.39 is 27.8 Å². The molecule has 150 valence electrons. The van der Waals surface area contributed by atoms with Crippen molar-refractivity contribution in [3.05, 3.63) is 30.1 Å². The summed E-state index contributed by atoms with van der Waals surface area (Å²) in [5.41, 5.74) is 0. The van der Waals surface area contributed by atoms with E-state index in [9.17, 15) is 22.4 Å². The molecule has 1 aliphatic rings. The van der Waals surface area contributed by atoms with Gasteiger partial charge in [-0.3, -0.25) is 15.0 Å². The summed E-state index contributed by atoms with van der Waals surface area (Å²) < 4.78 is 39.4. The number of carbonyl (C=O) groups excluding carboxylic acids is 2. The van der Waals surface area contributed by atoms with Crippen LogP contribution in [0.25, 0.3) is 0 Å². The van der Waals surface area contributed by atoms with Gasteiger partial charge >= 0.3 is 6.03 Å². The molecule has 2 rings (SSSR count). The fraction of sp³-hybridized carbons (Fsp3) is 0.529. The van der Waals surface area contributed by atoms with E-state index in [-0.39, 0.29) is 30.4 Å². The van der Waals surface area contributed by atoms with E-state index in [1.165, 1.54) is 16.4 Å².